The van der Waals surface area contributed by atoms with Gasteiger partial charge in [-0.25, -0.2) is 4.79 Å². The van der Waals surface area contributed by atoms with E-state index < -0.39 is 5.97 Å². The van der Waals surface area contributed by atoms with Crippen molar-refractivity contribution >= 4 is 29.2 Å². The molecule has 3 rings (SSSR count). The first-order valence-electron chi connectivity index (χ1n) is 9.04. The number of nitrogens with one attached hydrogen (secondary N) is 2. The van der Waals surface area contributed by atoms with Gasteiger partial charge < -0.3 is 20.1 Å². The Morgan fingerprint density at radius 2 is 1.39 bits per heavy atom. The summed E-state index contributed by atoms with van der Waals surface area (Å²) in [4.78, 5) is 36.1. The van der Waals surface area contributed by atoms with Crippen LogP contribution in [0, 0.1) is 11.8 Å². The van der Waals surface area contributed by atoms with Crippen molar-refractivity contribution < 1.29 is 23.9 Å². The molecule has 1 aliphatic rings. The number of ether oxygens (including phenoxy) is 2. The summed E-state index contributed by atoms with van der Waals surface area (Å²) in [6, 6.07) is 13.5. The molecule has 0 aromatic heterocycles. The van der Waals surface area contributed by atoms with Crippen LogP contribution in [0.25, 0.3) is 0 Å². The summed E-state index contributed by atoms with van der Waals surface area (Å²) in [5, 5.41) is 5.59. The van der Waals surface area contributed by atoms with Gasteiger partial charge in [-0.05, 0) is 61.9 Å². The summed E-state index contributed by atoms with van der Waals surface area (Å²) in [5.74, 6) is -0.791. The minimum atomic E-state index is -0.439. The third-order valence-corrected chi connectivity index (χ3v) is 4.47. The summed E-state index contributed by atoms with van der Waals surface area (Å²) in [7, 11) is 1.31. The predicted molar refractivity (Wildman–Crippen MR) is 104 cm³/mol. The second-order valence-electron chi connectivity index (χ2n) is 6.45. The number of methoxy groups -OCH3 is 1. The SMILES string of the molecule is CCOc1ccc(NC(=O)C2CC2C(=O)Nc2ccc(C(=O)OC)cc2)cc1. The van der Waals surface area contributed by atoms with Gasteiger partial charge in [-0.2, -0.15) is 0 Å². The summed E-state index contributed by atoms with van der Waals surface area (Å²) >= 11 is 0. The Morgan fingerprint density at radius 3 is 1.86 bits per heavy atom. The van der Waals surface area contributed by atoms with E-state index in [0.717, 1.165) is 5.75 Å². The lowest BCUT2D eigenvalue weighted by Crippen LogP contribution is -2.20. The Hall–Kier alpha value is -3.35. The van der Waals surface area contributed by atoms with E-state index in [-0.39, 0.29) is 23.7 Å². The van der Waals surface area contributed by atoms with Crippen LogP contribution in [-0.4, -0.2) is 31.5 Å². The Bertz CT molecular complexity index is 861. The van der Waals surface area contributed by atoms with Crippen molar-refractivity contribution in [3.05, 3.63) is 54.1 Å². The number of anilines is 2. The third kappa shape index (κ3) is 4.68. The molecule has 1 aliphatic carbocycles. The van der Waals surface area contributed by atoms with E-state index >= 15 is 0 Å². The second-order valence-corrected chi connectivity index (χ2v) is 6.45. The normalized spacial score (nSPS) is 17.4. The maximum atomic E-state index is 12.3. The molecule has 2 atom stereocenters. The fraction of sp³-hybridized carbons (Fsp3) is 0.286. The molecule has 2 amide bonds. The summed E-state index contributed by atoms with van der Waals surface area (Å²) < 4.78 is 10.0. The average molecular weight is 382 g/mol. The van der Waals surface area contributed by atoms with Gasteiger partial charge in [0.05, 0.1) is 31.1 Å². The summed E-state index contributed by atoms with van der Waals surface area (Å²) in [5.41, 5.74) is 1.63. The van der Waals surface area contributed by atoms with Crippen molar-refractivity contribution in [1.82, 2.24) is 0 Å². The zero-order chi connectivity index (χ0) is 20.1. The van der Waals surface area contributed by atoms with E-state index in [1.807, 2.05) is 6.92 Å². The van der Waals surface area contributed by atoms with Crippen molar-refractivity contribution in [2.75, 3.05) is 24.4 Å². The topological polar surface area (TPSA) is 93.7 Å². The Labute approximate surface area is 163 Å². The Kier molecular flexibility index (Phi) is 5.93. The van der Waals surface area contributed by atoms with E-state index in [1.54, 1.807) is 48.5 Å². The van der Waals surface area contributed by atoms with Crippen LogP contribution >= 0.6 is 0 Å². The smallest absolute Gasteiger partial charge is 0.337 e. The molecule has 7 nitrogen and oxygen atoms in total. The largest absolute Gasteiger partial charge is 0.494 e. The standard InChI is InChI=1S/C21H22N2O5/c1-3-28-16-10-8-15(9-11-16)23-20(25)18-12-17(18)19(24)22-14-6-4-13(5-7-14)21(26)27-2/h4-11,17-18H,3,12H2,1-2H3,(H,22,24)(H,23,25). The van der Waals surface area contributed by atoms with Gasteiger partial charge in [0.2, 0.25) is 11.8 Å². The van der Waals surface area contributed by atoms with Crippen LogP contribution in [0.15, 0.2) is 48.5 Å². The number of hydrogen-bond acceptors (Lipinski definition) is 5. The molecule has 28 heavy (non-hydrogen) atoms. The van der Waals surface area contributed by atoms with Crippen LogP contribution < -0.4 is 15.4 Å². The summed E-state index contributed by atoms with van der Waals surface area (Å²) in [6.07, 6.45) is 0.509. The molecule has 0 saturated heterocycles. The van der Waals surface area contributed by atoms with Crippen LogP contribution in [0.2, 0.25) is 0 Å². The number of carbonyl (C=O) groups is 3. The number of rotatable bonds is 7. The highest BCUT2D eigenvalue weighted by Gasteiger charge is 2.48. The minimum Gasteiger partial charge on any atom is -0.494 e. The highest BCUT2D eigenvalue weighted by molar-refractivity contribution is 6.03. The molecule has 2 aromatic carbocycles. The fourth-order valence-corrected chi connectivity index (χ4v) is 2.85. The number of hydrogen-bond donors (Lipinski definition) is 2. The van der Waals surface area contributed by atoms with Gasteiger partial charge in [-0.3, -0.25) is 9.59 Å². The lowest BCUT2D eigenvalue weighted by atomic mass is 10.2. The summed E-state index contributed by atoms with van der Waals surface area (Å²) in [6.45, 7) is 2.48. The molecule has 7 heteroatoms. The Balaban J connectivity index is 1.50. The quantitative estimate of drug-likeness (QED) is 0.718. The molecule has 2 unspecified atom stereocenters. The highest BCUT2D eigenvalue weighted by Crippen LogP contribution is 2.40. The van der Waals surface area contributed by atoms with Crippen LogP contribution in [0.3, 0.4) is 0 Å². The molecule has 0 radical (unpaired) electrons. The van der Waals surface area contributed by atoms with Gasteiger partial charge in [0, 0.05) is 11.4 Å². The van der Waals surface area contributed by atoms with E-state index in [2.05, 4.69) is 15.4 Å². The number of benzene rings is 2. The van der Waals surface area contributed by atoms with E-state index in [4.69, 9.17) is 4.74 Å². The molecular weight excluding hydrogens is 360 g/mol. The fourth-order valence-electron chi connectivity index (χ4n) is 2.85. The molecule has 0 bridgehead atoms. The number of esters is 1. The van der Waals surface area contributed by atoms with Crippen LogP contribution in [0.4, 0.5) is 11.4 Å². The lowest BCUT2D eigenvalue weighted by Gasteiger charge is -2.08. The van der Waals surface area contributed by atoms with Gasteiger partial charge in [-0.1, -0.05) is 0 Å². The highest BCUT2D eigenvalue weighted by atomic mass is 16.5. The van der Waals surface area contributed by atoms with Gasteiger partial charge in [0.25, 0.3) is 0 Å². The maximum absolute atomic E-state index is 12.3. The molecule has 2 aromatic rings. The first kappa shape index (κ1) is 19.4. The molecule has 2 N–H and O–H groups in total. The lowest BCUT2D eigenvalue weighted by molar-refractivity contribution is -0.122. The van der Waals surface area contributed by atoms with Gasteiger partial charge in [-0.15, -0.1) is 0 Å². The van der Waals surface area contributed by atoms with Crippen LogP contribution in [-0.2, 0) is 14.3 Å². The molecule has 0 heterocycles. The first-order valence-corrected chi connectivity index (χ1v) is 9.04. The maximum Gasteiger partial charge on any atom is 0.337 e. The predicted octanol–water partition coefficient (Wildman–Crippen LogP) is 3.09. The minimum absolute atomic E-state index is 0.176. The monoisotopic (exact) mass is 382 g/mol. The third-order valence-electron chi connectivity index (χ3n) is 4.47. The van der Waals surface area contributed by atoms with Crippen LogP contribution in [0.5, 0.6) is 5.75 Å². The van der Waals surface area contributed by atoms with Gasteiger partial charge in [0.1, 0.15) is 5.75 Å². The molecule has 0 aliphatic heterocycles. The molecule has 146 valence electrons. The van der Waals surface area contributed by atoms with Gasteiger partial charge in [0.15, 0.2) is 0 Å². The van der Waals surface area contributed by atoms with Crippen molar-refractivity contribution in [2.45, 2.75) is 13.3 Å². The van der Waals surface area contributed by atoms with Crippen molar-refractivity contribution in [3.8, 4) is 5.75 Å². The van der Waals surface area contributed by atoms with E-state index in [1.165, 1.54) is 7.11 Å². The molecule has 0 spiro atoms. The van der Waals surface area contributed by atoms with Gasteiger partial charge >= 0.3 is 5.97 Å². The van der Waals surface area contributed by atoms with Crippen molar-refractivity contribution in [3.63, 3.8) is 0 Å². The molecule has 1 fully saturated rings. The zero-order valence-electron chi connectivity index (χ0n) is 15.7. The zero-order valence-corrected chi connectivity index (χ0v) is 15.7. The Morgan fingerprint density at radius 1 is 0.893 bits per heavy atom. The molecule has 1 saturated carbocycles. The van der Waals surface area contributed by atoms with Crippen LogP contribution in [0.1, 0.15) is 23.7 Å². The average Bonchev–Trinajstić information content (AvgIpc) is 3.51. The number of carbonyl (C=O) groups excluding carboxylic acids is 3. The first-order chi connectivity index (χ1) is 13.5. The van der Waals surface area contributed by atoms with Crippen molar-refractivity contribution in [1.29, 1.82) is 0 Å². The molecular formula is C21H22N2O5. The van der Waals surface area contributed by atoms with E-state index in [9.17, 15) is 14.4 Å². The van der Waals surface area contributed by atoms with Crippen molar-refractivity contribution in [2.24, 2.45) is 11.8 Å². The number of amides is 2. The van der Waals surface area contributed by atoms with E-state index in [0.29, 0.717) is 30.0 Å². The second kappa shape index (κ2) is 8.56.